The van der Waals surface area contributed by atoms with Crippen molar-refractivity contribution in [2.45, 2.75) is 26.8 Å². The van der Waals surface area contributed by atoms with Crippen LogP contribution in [0.2, 0.25) is 0 Å². The molecule has 2 aromatic heterocycles. The van der Waals surface area contributed by atoms with Crippen LogP contribution >= 0.6 is 0 Å². The Morgan fingerprint density at radius 2 is 1.77 bits per heavy atom. The van der Waals surface area contributed by atoms with Crippen molar-refractivity contribution in [3.8, 4) is 11.4 Å². The molecule has 0 aliphatic rings. The number of hydrogen-bond donors (Lipinski definition) is 1. The SMILES string of the molecule is CC(C)C(C)Nc1nc(-c2cccnc2)nc2ccccc12. The molecule has 112 valence electrons. The van der Waals surface area contributed by atoms with Gasteiger partial charge in [0.1, 0.15) is 5.82 Å². The van der Waals surface area contributed by atoms with Crippen molar-refractivity contribution in [1.29, 1.82) is 0 Å². The van der Waals surface area contributed by atoms with Gasteiger partial charge in [0.2, 0.25) is 0 Å². The number of aromatic nitrogens is 3. The summed E-state index contributed by atoms with van der Waals surface area (Å²) in [5, 5.41) is 4.57. The van der Waals surface area contributed by atoms with Crippen LogP contribution < -0.4 is 5.32 Å². The van der Waals surface area contributed by atoms with E-state index in [0.29, 0.717) is 17.8 Å². The van der Waals surface area contributed by atoms with Gasteiger partial charge >= 0.3 is 0 Å². The van der Waals surface area contributed by atoms with Crippen LogP contribution in [0.15, 0.2) is 48.8 Å². The molecule has 1 N–H and O–H groups in total. The summed E-state index contributed by atoms with van der Waals surface area (Å²) in [7, 11) is 0. The topological polar surface area (TPSA) is 50.7 Å². The van der Waals surface area contributed by atoms with Crippen molar-refractivity contribution in [1.82, 2.24) is 15.0 Å². The van der Waals surface area contributed by atoms with E-state index in [0.717, 1.165) is 22.3 Å². The Hall–Kier alpha value is -2.49. The smallest absolute Gasteiger partial charge is 0.163 e. The zero-order valence-corrected chi connectivity index (χ0v) is 13.1. The lowest BCUT2D eigenvalue weighted by atomic mass is 10.1. The van der Waals surface area contributed by atoms with E-state index in [-0.39, 0.29) is 0 Å². The first kappa shape index (κ1) is 14.4. The van der Waals surface area contributed by atoms with Crippen molar-refractivity contribution < 1.29 is 0 Å². The van der Waals surface area contributed by atoms with Crippen LogP contribution in [0.5, 0.6) is 0 Å². The van der Waals surface area contributed by atoms with Gasteiger partial charge in [0.25, 0.3) is 0 Å². The molecule has 0 bridgehead atoms. The summed E-state index contributed by atoms with van der Waals surface area (Å²) in [6, 6.07) is 12.3. The highest BCUT2D eigenvalue weighted by Crippen LogP contribution is 2.25. The summed E-state index contributed by atoms with van der Waals surface area (Å²) >= 11 is 0. The highest BCUT2D eigenvalue weighted by molar-refractivity contribution is 5.90. The molecule has 22 heavy (non-hydrogen) atoms. The van der Waals surface area contributed by atoms with Gasteiger partial charge in [0.15, 0.2) is 5.82 Å². The third-order valence-electron chi connectivity index (χ3n) is 3.89. The number of nitrogens with zero attached hydrogens (tertiary/aromatic N) is 3. The molecule has 0 saturated carbocycles. The van der Waals surface area contributed by atoms with Gasteiger partial charge in [-0.05, 0) is 37.1 Å². The fraction of sp³-hybridized carbons (Fsp3) is 0.278. The molecule has 2 heterocycles. The first-order chi connectivity index (χ1) is 10.6. The molecular weight excluding hydrogens is 272 g/mol. The Kier molecular flexibility index (Phi) is 4.00. The Morgan fingerprint density at radius 1 is 0.955 bits per heavy atom. The molecule has 0 aliphatic heterocycles. The fourth-order valence-electron chi connectivity index (χ4n) is 2.19. The molecule has 4 heteroatoms. The fourth-order valence-corrected chi connectivity index (χ4v) is 2.19. The normalized spacial score (nSPS) is 12.5. The predicted octanol–water partition coefficient (Wildman–Crippen LogP) is 4.15. The zero-order valence-electron chi connectivity index (χ0n) is 13.1. The number of rotatable bonds is 4. The molecule has 0 spiro atoms. The first-order valence-corrected chi connectivity index (χ1v) is 7.59. The third-order valence-corrected chi connectivity index (χ3v) is 3.89. The van der Waals surface area contributed by atoms with Crippen molar-refractivity contribution in [3.05, 3.63) is 48.8 Å². The minimum atomic E-state index is 0.333. The van der Waals surface area contributed by atoms with E-state index < -0.39 is 0 Å². The number of benzene rings is 1. The number of anilines is 1. The number of hydrogen-bond acceptors (Lipinski definition) is 4. The van der Waals surface area contributed by atoms with Crippen LogP contribution in [0.1, 0.15) is 20.8 Å². The van der Waals surface area contributed by atoms with Crippen molar-refractivity contribution in [2.24, 2.45) is 5.92 Å². The molecule has 1 aromatic carbocycles. The third kappa shape index (κ3) is 2.91. The average Bonchev–Trinajstić information content (AvgIpc) is 2.55. The number of pyridine rings is 1. The van der Waals surface area contributed by atoms with Crippen LogP contribution in [0.3, 0.4) is 0 Å². The summed E-state index contributed by atoms with van der Waals surface area (Å²) in [4.78, 5) is 13.6. The Morgan fingerprint density at radius 3 is 2.50 bits per heavy atom. The number of nitrogens with one attached hydrogen (secondary N) is 1. The van der Waals surface area contributed by atoms with Crippen LogP contribution in [0, 0.1) is 5.92 Å². The lowest BCUT2D eigenvalue weighted by Crippen LogP contribution is -2.22. The van der Waals surface area contributed by atoms with Gasteiger partial charge in [-0.1, -0.05) is 26.0 Å². The van der Waals surface area contributed by atoms with E-state index in [1.807, 2.05) is 30.3 Å². The van der Waals surface area contributed by atoms with Gasteiger partial charge in [-0.2, -0.15) is 0 Å². The van der Waals surface area contributed by atoms with Crippen LogP contribution in [0.25, 0.3) is 22.3 Å². The molecule has 0 radical (unpaired) electrons. The van der Waals surface area contributed by atoms with Crippen molar-refractivity contribution in [3.63, 3.8) is 0 Å². The van der Waals surface area contributed by atoms with E-state index in [9.17, 15) is 0 Å². The maximum Gasteiger partial charge on any atom is 0.163 e. The summed E-state index contributed by atoms with van der Waals surface area (Å²) < 4.78 is 0. The van der Waals surface area contributed by atoms with Crippen LogP contribution in [-0.4, -0.2) is 21.0 Å². The molecular formula is C18H20N4. The van der Waals surface area contributed by atoms with Gasteiger partial charge in [-0.25, -0.2) is 9.97 Å². The van der Waals surface area contributed by atoms with E-state index in [1.165, 1.54) is 0 Å². The summed E-state index contributed by atoms with van der Waals surface area (Å²) in [6.45, 7) is 6.57. The average molecular weight is 292 g/mol. The summed E-state index contributed by atoms with van der Waals surface area (Å²) in [5.74, 6) is 2.10. The Balaban J connectivity index is 2.12. The molecule has 4 nitrogen and oxygen atoms in total. The lowest BCUT2D eigenvalue weighted by Gasteiger charge is -2.19. The molecule has 0 aliphatic carbocycles. The first-order valence-electron chi connectivity index (χ1n) is 7.59. The lowest BCUT2D eigenvalue weighted by molar-refractivity contribution is 0.559. The maximum atomic E-state index is 4.73. The van der Waals surface area contributed by atoms with Gasteiger partial charge in [-0.3, -0.25) is 4.98 Å². The van der Waals surface area contributed by atoms with E-state index >= 15 is 0 Å². The van der Waals surface area contributed by atoms with Crippen molar-refractivity contribution in [2.75, 3.05) is 5.32 Å². The molecule has 3 rings (SSSR count). The molecule has 0 amide bonds. The molecule has 0 saturated heterocycles. The van der Waals surface area contributed by atoms with E-state index in [1.54, 1.807) is 12.4 Å². The quantitative estimate of drug-likeness (QED) is 0.785. The molecule has 1 atom stereocenters. The number of para-hydroxylation sites is 1. The molecule has 3 aromatic rings. The zero-order chi connectivity index (χ0) is 15.5. The highest BCUT2D eigenvalue weighted by Gasteiger charge is 2.13. The second-order valence-electron chi connectivity index (χ2n) is 5.83. The van der Waals surface area contributed by atoms with Crippen LogP contribution in [-0.2, 0) is 0 Å². The Bertz CT molecular complexity index is 768. The van der Waals surface area contributed by atoms with Gasteiger partial charge < -0.3 is 5.32 Å². The highest BCUT2D eigenvalue weighted by atomic mass is 15.1. The molecule has 1 unspecified atom stereocenters. The predicted molar refractivity (Wildman–Crippen MR) is 90.7 cm³/mol. The monoisotopic (exact) mass is 292 g/mol. The van der Waals surface area contributed by atoms with E-state index in [4.69, 9.17) is 4.98 Å². The summed E-state index contributed by atoms with van der Waals surface area (Å²) in [6.07, 6.45) is 3.55. The van der Waals surface area contributed by atoms with E-state index in [2.05, 4.69) is 42.1 Å². The summed E-state index contributed by atoms with van der Waals surface area (Å²) in [5.41, 5.74) is 1.86. The Labute approximate surface area is 130 Å². The largest absolute Gasteiger partial charge is 0.367 e. The number of fused-ring (bicyclic) bond motifs is 1. The van der Waals surface area contributed by atoms with Gasteiger partial charge in [0.05, 0.1) is 5.52 Å². The van der Waals surface area contributed by atoms with Gasteiger partial charge in [0, 0.05) is 29.4 Å². The second-order valence-corrected chi connectivity index (χ2v) is 5.83. The van der Waals surface area contributed by atoms with Crippen molar-refractivity contribution >= 4 is 16.7 Å². The minimum Gasteiger partial charge on any atom is -0.367 e. The molecule has 0 fully saturated rings. The second kappa shape index (κ2) is 6.10. The minimum absolute atomic E-state index is 0.333. The standard InChI is InChI=1S/C18H20N4/c1-12(2)13(3)20-18-15-8-4-5-9-16(15)21-17(22-18)14-7-6-10-19-11-14/h4-13H,1-3H3,(H,20,21,22). The van der Waals surface area contributed by atoms with Crippen LogP contribution in [0.4, 0.5) is 5.82 Å². The maximum absolute atomic E-state index is 4.73. The van der Waals surface area contributed by atoms with Gasteiger partial charge in [-0.15, -0.1) is 0 Å².